The number of aliphatic hydroxyl groups is 2. The number of carboxylic acid groups (broad SMARTS) is 1. The molecule has 45 heteroatoms. The van der Waals surface area contributed by atoms with Gasteiger partial charge in [0.1, 0.15) is 78.3 Å². The number of amides is 18. The Labute approximate surface area is 668 Å². The Balaban J connectivity index is 2.51. The summed E-state index contributed by atoms with van der Waals surface area (Å²) in [6.45, 7) is 7.94. The van der Waals surface area contributed by atoms with Crippen LogP contribution in [0, 0.1) is 17.8 Å². The van der Waals surface area contributed by atoms with Gasteiger partial charge in [-0.1, -0.05) is 53.7 Å². The summed E-state index contributed by atoms with van der Waals surface area (Å²) in [5, 5.41) is 73.1. The summed E-state index contributed by atoms with van der Waals surface area (Å²) in [6, 6.07) is -15.9. The molecule has 1 heterocycles. The van der Waals surface area contributed by atoms with E-state index in [-0.39, 0.29) is 48.1 Å². The number of carbonyl (C=O) groups is 19. The van der Waals surface area contributed by atoms with Gasteiger partial charge in [0, 0.05) is 50.4 Å². The topological polar surface area (TPSA) is 758 Å². The van der Waals surface area contributed by atoms with Crippen molar-refractivity contribution in [3.8, 4) is 5.75 Å². The lowest BCUT2D eigenvalue weighted by molar-refractivity contribution is -0.142. The molecule has 1 aromatic heterocycles. The number of nitrogens with zero attached hydrogens (tertiary/aromatic N) is 1. The first-order valence-corrected chi connectivity index (χ1v) is 37.5. The summed E-state index contributed by atoms with van der Waals surface area (Å²) in [6.07, 6.45) is -2.15. The Bertz CT molecular complexity index is 3700. The molecular formula is C71H114N22O23. The zero-order valence-electron chi connectivity index (χ0n) is 65.8. The van der Waals surface area contributed by atoms with Crippen molar-refractivity contribution in [2.45, 2.75) is 223 Å². The van der Waals surface area contributed by atoms with Crippen molar-refractivity contribution in [1.82, 2.24) is 84.4 Å². The Hall–Kier alpha value is -12.0. The van der Waals surface area contributed by atoms with Crippen molar-refractivity contribution in [3.63, 3.8) is 0 Å². The van der Waals surface area contributed by atoms with E-state index < -0.39 is 287 Å². The minimum absolute atomic E-state index is 0.000551. The van der Waals surface area contributed by atoms with Gasteiger partial charge < -0.3 is 134 Å². The zero-order chi connectivity index (χ0) is 87.6. The molecule has 0 aliphatic carbocycles. The van der Waals surface area contributed by atoms with Crippen molar-refractivity contribution in [2.24, 2.45) is 52.2 Å². The van der Waals surface area contributed by atoms with Crippen LogP contribution in [0.2, 0.25) is 0 Å². The summed E-state index contributed by atoms with van der Waals surface area (Å²) < 4.78 is 0. The maximum atomic E-state index is 14.7. The molecule has 0 saturated carbocycles. The van der Waals surface area contributed by atoms with Crippen LogP contribution in [-0.4, -0.2) is 254 Å². The van der Waals surface area contributed by atoms with E-state index in [4.69, 9.17) is 34.4 Å². The maximum absolute atomic E-state index is 14.7. The second-order valence-corrected chi connectivity index (χ2v) is 28.7. The summed E-state index contributed by atoms with van der Waals surface area (Å²) in [7, 11) is 0. The van der Waals surface area contributed by atoms with E-state index in [1.54, 1.807) is 13.8 Å². The van der Waals surface area contributed by atoms with E-state index in [0.29, 0.717) is 19.4 Å². The van der Waals surface area contributed by atoms with Crippen molar-refractivity contribution in [1.29, 1.82) is 0 Å². The van der Waals surface area contributed by atoms with E-state index in [9.17, 15) is 112 Å². The Kier molecular flexibility index (Phi) is 44.6. The lowest BCUT2D eigenvalue weighted by Crippen LogP contribution is -2.61. The summed E-state index contributed by atoms with van der Waals surface area (Å²) in [4.78, 5) is 260. The average Bonchev–Trinajstić information content (AvgIpc) is 1.75. The third kappa shape index (κ3) is 38.7. The molecule has 0 bridgehead atoms. The number of H-pyrrole nitrogens is 1. The Morgan fingerprint density at radius 3 is 1.21 bits per heavy atom. The van der Waals surface area contributed by atoms with Gasteiger partial charge in [0.2, 0.25) is 106 Å². The molecule has 0 spiro atoms. The number of primary amides is 4. The first-order valence-electron chi connectivity index (χ1n) is 37.5. The Morgan fingerprint density at radius 2 is 0.793 bits per heavy atom. The van der Waals surface area contributed by atoms with Crippen molar-refractivity contribution < 1.29 is 112 Å². The normalized spacial score (nSPS) is 14.5. The summed E-state index contributed by atoms with van der Waals surface area (Å²) >= 11 is 0. The number of carboxylic acids is 1. The number of aromatic nitrogens is 2. The number of nitrogens with two attached hydrogens (primary N) is 6. The zero-order valence-corrected chi connectivity index (χ0v) is 65.8. The number of phenolic OH excluding ortho intramolecular Hbond substituents is 1. The van der Waals surface area contributed by atoms with E-state index in [2.05, 4.69) is 84.4 Å². The molecule has 31 N–H and O–H groups in total. The quantitative estimate of drug-likeness (QED) is 0.0274. The van der Waals surface area contributed by atoms with Crippen molar-refractivity contribution in [2.75, 3.05) is 32.8 Å². The number of phenols is 1. The third-order valence-corrected chi connectivity index (χ3v) is 17.3. The maximum Gasteiger partial charge on any atom is 0.326 e. The number of aliphatic hydroxyl groups excluding tert-OH is 2. The van der Waals surface area contributed by atoms with Gasteiger partial charge in [0.25, 0.3) is 0 Å². The second-order valence-electron chi connectivity index (χ2n) is 28.7. The van der Waals surface area contributed by atoms with E-state index in [0.717, 1.165) is 0 Å². The molecule has 116 heavy (non-hydrogen) atoms. The fraction of sp³-hybridized carbons (Fsp3) is 0.606. The highest BCUT2D eigenvalue weighted by molar-refractivity contribution is 6.00. The number of imidazole rings is 1. The molecule has 18 amide bonds. The standard InChI is InChI=1S/C71H114N22O23/c1-34(2)24-41(73)60(104)91-50(31-94)62(106)80-30-57(102)93-58(36(5)6)70(114)87-45(18-22-55(77)100)66(110)89-48(26-38-11-13-40(96)14-12-38)67(111)85-43(16-20-53(75)98)64(108)84-44(17-21-54(76)99)65(109)90-49(27-39-28-78-33-81-39)68(112)92-51(32-95)69(113)86-42(15-19-52(74)97)63(107)82-37(7)59(103)88-47(25-35(3)4)61(105)79-29-56(101)83-46(71(115)116)10-8-9-23-72/h11-14,28,33-37,41-51,58,94-96H,8-10,15-27,29-32,72-73H2,1-7H3,(H2,74,97)(H2,75,98)(H2,76,99)(H2,77,100)(H,78,81)(H,79,105)(H,80,106)(H,82,107)(H,83,101)(H,84,108)(H,85,111)(H,86,113)(H,87,114)(H,88,103)(H,89,110)(H,90,109)(H,91,104)(H,92,112)(H,93,102)(H,115,116)/t37-,41-,42-,43-,44-,45-,46-,47-,48-,49-,50-,51-,58-/m0/s1. The molecule has 646 valence electrons. The van der Waals surface area contributed by atoms with Gasteiger partial charge in [0.15, 0.2) is 0 Å². The fourth-order valence-electron chi connectivity index (χ4n) is 11.0. The number of aromatic hydroxyl groups is 1. The van der Waals surface area contributed by atoms with E-state index in [1.165, 1.54) is 57.6 Å². The first-order chi connectivity index (χ1) is 54.5. The molecule has 0 unspecified atom stereocenters. The molecule has 0 aliphatic rings. The molecule has 0 aliphatic heterocycles. The van der Waals surface area contributed by atoms with Gasteiger partial charge in [-0.15, -0.1) is 0 Å². The number of hydrogen-bond donors (Lipinski definition) is 25. The largest absolute Gasteiger partial charge is 0.508 e. The van der Waals surface area contributed by atoms with Crippen LogP contribution in [0.5, 0.6) is 5.75 Å². The van der Waals surface area contributed by atoms with Crippen LogP contribution >= 0.6 is 0 Å². The SMILES string of the molecule is CC(C)C[C@H](NC(=O)[C@H](C)NC(=O)[C@H](CCC(N)=O)NC(=O)[C@H](CO)NC(=O)[C@H](Cc1cnc[nH]1)NC(=O)[C@H](CCC(N)=O)NC(=O)[C@H](CCC(N)=O)NC(=O)[C@H](Cc1ccc(O)cc1)NC(=O)[C@H](CCC(N)=O)NC(=O)[C@@H](NC(=O)CNC(=O)[C@H](CO)NC(=O)[C@@H](N)CC(C)C)C(C)C)C(=O)NCC(=O)N[C@@H](CCCCN)C(=O)O. The fourth-order valence-corrected chi connectivity index (χ4v) is 11.0. The summed E-state index contributed by atoms with van der Waals surface area (Å²) in [5.41, 5.74) is 33.6. The number of aliphatic carboxylic acids is 1. The van der Waals surface area contributed by atoms with Crippen LogP contribution in [0.15, 0.2) is 36.8 Å². The van der Waals surface area contributed by atoms with Gasteiger partial charge in [-0.2, -0.15) is 0 Å². The molecule has 13 atom stereocenters. The third-order valence-electron chi connectivity index (χ3n) is 17.3. The smallest absolute Gasteiger partial charge is 0.326 e. The van der Waals surface area contributed by atoms with Gasteiger partial charge >= 0.3 is 5.97 Å². The molecule has 1 aromatic carbocycles. The van der Waals surface area contributed by atoms with Crippen LogP contribution in [-0.2, 0) is 104 Å². The van der Waals surface area contributed by atoms with Crippen molar-refractivity contribution >= 4 is 112 Å². The number of rotatable bonds is 56. The minimum Gasteiger partial charge on any atom is -0.508 e. The predicted molar refractivity (Wildman–Crippen MR) is 409 cm³/mol. The first kappa shape index (κ1) is 100. The van der Waals surface area contributed by atoms with Gasteiger partial charge in [-0.3, -0.25) is 86.3 Å². The average molecular weight is 1640 g/mol. The van der Waals surface area contributed by atoms with Gasteiger partial charge in [-0.25, -0.2) is 9.78 Å². The second kappa shape index (κ2) is 51.7. The van der Waals surface area contributed by atoms with Crippen molar-refractivity contribution in [3.05, 3.63) is 48.0 Å². The number of unbranched alkanes of at least 4 members (excludes halogenated alkanes) is 1. The van der Waals surface area contributed by atoms with Crippen LogP contribution in [0.3, 0.4) is 0 Å². The molecule has 45 nitrogen and oxygen atoms in total. The highest BCUT2D eigenvalue weighted by Crippen LogP contribution is 2.16. The summed E-state index contributed by atoms with van der Waals surface area (Å²) in [5.74, 6) is -21.5. The lowest BCUT2D eigenvalue weighted by Gasteiger charge is -2.28. The number of hydrogen-bond acceptors (Lipinski definition) is 25. The minimum atomic E-state index is -2.00. The number of aromatic amines is 1. The number of benzene rings is 1. The highest BCUT2D eigenvalue weighted by atomic mass is 16.4. The molecular weight excluding hydrogens is 1530 g/mol. The molecule has 2 rings (SSSR count). The highest BCUT2D eigenvalue weighted by Gasteiger charge is 2.38. The van der Waals surface area contributed by atoms with Crippen LogP contribution < -0.4 is 109 Å². The molecule has 2 aromatic rings. The van der Waals surface area contributed by atoms with Crippen LogP contribution in [0.25, 0.3) is 0 Å². The molecule has 0 fully saturated rings. The predicted octanol–water partition coefficient (Wildman–Crippen LogP) is -9.69. The monoisotopic (exact) mass is 1640 g/mol. The number of carbonyl (C=O) groups excluding carboxylic acids is 18. The van der Waals surface area contributed by atoms with Crippen LogP contribution in [0.1, 0.15) is 143 Å². The number of nitrogens with one attached hydrogen (secondary N) is 15. The lowest BCUT2D eigenvalue weighted by atomic mass is 10.0. The van der Waals surface area contributed by atoms with Crippen LogP contribution in [0.4, 0.5) is 0 Å². The van der Waals surface area contributed by atoms with Gasteiger partial charge in [0.05, 0.1) is 38.7 Å². The molecule has 0 radical (unpaired) electrons. The van der Waals surface area contributed by atoms with Gasteiger partial charge in [-0.05, 0) is 107 Å². The Morgan fingerprint density at radius 1 is 0.414 bits per heavy atom. The van der Waals surface area contributed by atoms with E-state index >= 15 is 0 Å². The van der Waals surface area contributed by atoms with E-state index in [1.807, 2.05) is 13.8 Å². The molecule has 0 saturated heterocycles.